The molecule has 4 nitrogen and oxygen atoms in total. The van der Waals surface area contributed by atoms with E-state index in [1.165, 1.54) is 12.8 Å². The second kappa shape index (κ2) is 5.00. The average molecular weight is 319 g/mol. The molecule has 0 unspecified atom stereocenters. The van der Waals surface area contributed by atoms with Crippen molar-refractivity contribution in [3.05, 3.63) is 38.6 Å². The summed E-state index contributed by atoms with van der Waals surface area (Å²) in [5.74, 6) is 1.31. The third kappa shape index (κ3) is 2.13. The van der Waals surface area contributed by atoms with Crippen molar-refractivity contribution in [2.24, 2.45) is 5.92 Å². The number of pyridine rings is 1. The number of nitrogens with zero attached hydrogens (tertiary/aromatic N) is 2. The van der Waals surface area contributed by atoms with Gasteiger partial charge in [0.15, 0.2) is 0 Å². The van der Waals surface area contributed by atoms with Gasteiger partial charge in [0.1, 0.15) is 5.75 Å². The minimum Gasteiger partial charge on any atom is -0.495 e. The molecular weight excluding hydrogens is 300 g/mol. The number of ether oxygens (including phenoxy) is 1. The van der Waals surface area contributed by atoms with E-state index in [1.807, 2.05) is 23.7 Å². The number of rotatable bonds is 3. The van der Waals surface area contributed by atoms with E-state index in [4.69, 9.17) is 16.3 Å². The van der Waals surface area contributed by atoms with E-state index in [2.05, 4.69) is 4.90 Å². The van der Waals surface area contributed by atoms with Crippen LogP contribution in [0.25, 0.3) is 10.9 Å². The van der Waals surface area contributed by atoms with Crippen LogP contribution in [0.3, 0.4) is 0 Å². The Morgan fingerprint density at radius 2 is 2.00 bits per heavy atom. The molecule has 5 heteroatoms. The van der Waals surface area contributed by atoms with Crippen LogP contribution >= 0.6 is 11.6 Å². The third-order valence-corrected chi connectivity index (χ3v) is 5.04. The maximum Gasteiger partial charge on any atom is 0.255 e. The molecule has 4 rings (SSSR count). The largest absolute Gasteiger partial charge is 0.495 e. The van der Waals surface area contributed by atoms with Gasteiger partial charge >= 0.3 is 0 Å². The Balaban J connectivity index is 2.04. The molecule has 1 aromatic heterocycles. The minimum atomic E-state index is 0.153. The molecule has 1 aliphatic carbocycles. The lowest BCUT2D eigenvalue weighted by Gasteiger charge is -2.15. The van der Waals surface area contributed by atoms with Crippen LogP contribution < -0.4 is 10.3 Å². The van der Waals surface area contributed by atoms with Crippen molar-refractivity contribution in [3.63, 3.8) is 0 Å². The van der Waals surface area contributed by atoms with E-state index < -0.39 is 0 Å². The molecule has 1 aromatic carbocycles. The summed E-state index contributed by atoms with van der Waals surface area (Å²) in [6.45, 7) is 2.32. The fourth-order valence-corrected chi connectivity index (χ4v) is 3.64. The summed E-state index contributed by atoms with van der Waals surface area (Å²) in [5, 5.41) is 1.66. The van der Waals surface area contributed by atoms with Gasteiger partial charge in [0, 0.05) is 30.6 Å². The second-order valence-corrected chi connectivity index (χ2v) is 6.90. The van der Waals surface area contributed by atoms with Crippen molar-refractivity contribution >= 4 is 22.5 Å². The van der Waals surface area contributed by atoms with Crippen molar-refractivity contribution in [1.29, 1.82) is 0 Å². The van der Waals surface area contributed by atoms with E-state index in [1.54, 1.807) is 7.11 Å². The highest BCUT2D eigenvalue weighted by atomic mass is 35.5. The van der Waals surface area contributed by atoms with Gasteiger partial charge in [0.05, 0.1) is 17.6 Å². The third-order valence-electron chi connectivity index (χ3n) is 4.75. The van der Waals surface area contributed by atoms with E-state index in [9.17, 15) is 4.79 Å². The molecule has 2 aliphatic rings. The first-order valence-corrected chi connectivity index (χ1v) is 8.06. The lowest BCUT2D eigenvalue weighted by Crippen LogP contribution is -2.25. The summed E-state index contributed by atoms with van der Waals surface area (Å²) >= 11 is 6.31. The fraction of sp³-hybridized carbons (Fsp3) is 0.471. The normalized spacial score (nSPS) is 18.0. The molecule has 0 atom stereocenters. The zero-order chi connectivity index (χ0) is 15.4. The van der Waals surface area contributed by atoms with E-state index in [0.717, 1.165) is 41.7 Å². The minimum absolute atomic E-state index is 0.153. The maximum atomic E-state index is 12.9. The number of hydrogen-bond donors (Lipinski definition) is 0. The Morgan fingerprint density at radius 3 is 2.68 bits per heavy atom. The molecule has 1 fully saturated rings. The Morgan fingerprint density at radius 1 is 1.27 bits per heavy atom. The lowest BCUT2D eigenvalue weighted by molar-refractivity contribution is 0.352. The molecule has 2 heterocycles. The molecule has 0 saturated heterocycles. The van der Waals surface area contributed by atoms with Gasteiger partial charge in [-0.3, -0.25) is 9.69 Å². The Hall–Kier alpha value is -1.52. The zero-order valence-electron chi connectivity index (χ0n) is 12.9. The van der Waals surface area contributed by atoms with Crippen molar-refractivity contribution in [2.45, 2.75) is 32.5 Å². The molecule has 0 bridgehead atoms. The van der Waals surface area contributed by atoms with Crippen molar-refractivity contribution in [3.8, 4) is 5.75 Å². The number of benzene rings is 1. The highest BCUT2D eigenvalue weighted by Gasteiger charge is 2.28. The maximum absolute atomic E-state index is 12.9. The predicted molar refractivity (Wildman–Crippen MR) is 87.7 cm³/mol. The van der Waals surface area contributed by atoms with Gasteiger partial charge in [0.25, 0.3) is 5.56 Å². The summed E-state index contributed by atoms with van der Waals surface area (Å²) in [6.07, 6.45) is 2.43. The summed E-state index contributed by atoms with van der Waals surface area (Å²) in [4.78, 5) is 15.1. The van der Waals surface area contributed by atoms with Crippen molar-refractivity contribution < 1.29 is 4.74 Å². The zero-order valence-corrected chi connectivity index (χ0v) is 13.6. The fourth-order valence-electron chi connectivity index (χ4n) is 3.41. The summed E-state index contributed by atoms with van der Waals surface area (Å²) in [5.41, 5.74) is 3.15. The monoisotopic (exact) mass is 318 g/mol. The molecule has 1 aliphatic heterocycles. The highest BCUT2D eigenvalue weighted by Crippen LogP contribution is 2.36. The van der Waals surface area contributed by atoms with Gasteiger partial charge < -0.3 is 9.30 Å². The first-order valence-electron chi connectivity index (χ1n) is 7.69. The van der Waals surface area contributed by atoms with Crippen LogP contribution in [0.5, 0.6) is 5.75 Å². The summed E-state index contributed by atoms with van der Waals surface area (Å²) < 4.78 is 7.30. The van der Waals surface area contributed by atoms with Gasteiger partial charge in [-0.2, -0.15) is 0 Å². The molecule has 116 valence electrons. The van der Waals surface area contributed by atoms with Gasteiger partial charge in [0.2, 0.25) is 0 Å². The second-order valence-electron chi connectivity index (χ2n) is 6.49. The van der Waals surface area contributed by atoms with Gasteiger partial charge in [-0.15, -0.1) is 0 Å². The molecule has 2 aromatic rings. The molecule has 0 spiro atoms. The van der Waals surface area contributed by atoms with Crippen LogP contribution in [0.15, 0.2) is 16.9 Å². The number of aromatic nitrogens is 1. The van der Waals surface area contributed by atoms with Gasteiger partial charge in [-0.1, -0.05) is 11.6 Å². The predicted octanol–water partition coefficient (Wildman–Crippen LogP) is 3.02. The average Bonchev–Trinajstić information content (AvgIpc) is 3.23. The smallest absolute Gasteiger partial charge is 0.255 e. The van der Waals surface area contributed by atoms with Crippen LogP contribution in [-0.2, 0) is 19.6 Å². The van der Waals surface area contributed by atoms with Crippen LogP contribution in [0.4, 0.5) is 0 Å². The molecule has 0 amide bonds. The van der Waals surface area contributed by atoms with E-state index in [0.29, 0.717) is 16.7 Å². The summed E-state index contributed by atoms with van der Waals surface area (Å²) in [7, 11) is 3.67. The van der Waals surface area contributed by atoms with E-state index in [-0.39, 0.29) is 5.56 Å². The van der Waals surface area contributed by atoms with Crippen LogP contribution in [0, 0.1) is 5.92 Å². The number of hydrogen-bond acceptors (Lipinski definition) is 3. The number of fused-ring (bicyclic) bond motifs is 3. The Labute approximate surface area is 134 Å². The highest BCUT2D eigenvalue weighted by molar-refractivity contribution is 6.32. The Bertz CT molecular complexity index is 824. The molecule has 0 radical (unpaired) electrons. The number of halogens is 1. The topological polar surface area (TPSA) is 34.5 Å². The molecular formula is C17H19ClN2O2. The first-order chi connectivity index (χ1) is 10.6. The standard InChI is InChI=1S/C17H19ClN2O2/c1-19-8-12-11-5-16(22-2)14(18)6-15(11)20(7-10-3-4-10)17(21)13(12)9-19/h5-6,10H,3-4,7-9H2,1-2H3. The SMILES string of the molecule is COc1cc2c3c(c(=O)n(CC4CC4)c2cc1Cl)CN(C)C3. The van der Waals surface area contributed by atoms with Crippen molar-refractivity contribution in [1.82, 2.24) is 9.47 Å². The quantitative estimate of drug-likeness (QED) is 0.872. The van der Waals surface area contributed by atoms with Crippen LogP contribution in [0.2, 0.25) is 5.02 Å². The Kier molecular flexibility index (Phi) is 3.20. The van der Waals surface area contributed by atoms with Crippen LogP contribution in [0.1, 0.15) is 24.0 Å². The summed E-state index contributed by atoms with van der Waals surface area (Å²) in [6, 6.07) is 3.87. The lowest BCUT2D eigenvalue weighted by atomic mass is 10.0. The molecule has 1 saturated carbocycles. The first kappa shape index (κ1) is 14.1. The van der Waals surface area contributed by atoms with Gasteiger partial charge in [-0.05, 0) is 43.5 Å². The van der Waals surface area contributed by atoms with Crippen LogP contribution in [-0.4, -0.2) is 23.6 Å². The molecule has 22 heavy (non-hydrogen) atoms. The molecule has 0 N–H and O–H groups in total. The van der Waals surface area contributed by atoms with E-state index >= 15 is 0 Å². The number of methoxy groups -OCH3 is 1. The van der Waals surface area contributed by atoms with Gasteiger partial charge in [-0.25, -0.2) is 0 Å². The van der Waals surface area contributed by atoms with Crippen molar-refractivity contribution in [2.75, 3.05) is 14.2 Å².